The first-order valence-corrected chi connectivity index (χ1v) is 6.87. The van der Waals surface area contributed by atoms with Crippen LogP contribution in [-0.4, -0.2) is 54.5 Å². The Morgan fingerprint density at radius 3 is 2.06 bits per heavy atom. The zero-order chi connectivity index (χ0) is 13.3. The third-order valence-corrected chi connectivity index (χ3v) is 3.25. The van der Waals surface area contributed by atoms with E-state index in [-0.39, 0.29) is 11.9 Å². The maximum Gasteiger partial charge on any atom is 0.239 e. The van der Waals surface area contributed by atoms with Gasteiger partial charge in [-0.15, -0.1) is 0 Å². The van der Waals surface area contributed by atoms with E-state index in [2.05, 4.69) is 18.7 Å². The molecule has 0 aliphatic rings. The molecule has 4 nitrogen and oxygen atoms in total. The van der Waals surface area contributed by atoms with Crippen LogP contribution in [0, 0.1) is 0 Å². The molecule has 0 heterocycles. The largest absolute Gasteiger partial charge is 0.342 e. The number of rotatable bonds is 9. The van der Waals surface area contributed by atoms with E-state index in [0.717, 1.165) is 39.1 Å². The average Bonchev–Trinajstić information content (AvgIpc) is 2.37. The summed E-state index contributed by atoms with van der Waals surface area (Å²) in [5.41, 5.74) is 5.78. The van der Waals surface area contributed by atoms with Gasteiger partial charge in [0.1, 0.15) is 0 Å². The fourth-order valence-corrected chi connectivity index (χ4v) is 1.86. The van der Waals surface area contributed by atoms with Gasteiger partial charge < -0.3 is 15.5 Å². The number of hydrogen-bond acceptors (Lipinski definition) is 3. The van der Waals surface area contributed by atoms with Gasteiger partial charge in [0.05, 0.1) is 6.04 Å². The van der Waals surface area contributed by atoms with Crippen molar-refractivity contribution in [1.82, 2.24) is 9.80 Å². The van der Waals surface area contributed by atoms with Crippen LogP contribution < -0.4 is 5.73 Å². The van der Waals surface area contributed by atoms with Gasteiger partial charge in [0.15, 0.2) is 0 Å². The third kappa shape index (κ3) is 6.03. The number of hydrogen-bond donors (Lipinski definition) is 1. The fraction of sp³-hybridized carbons (Fsp3) is 0.923. The van der Waals surface area contributed by atoms with Crippen molar-refractivity contribution >= 4 is 5.91 Å². The second-order valence-corrected chi connectivity index (χ2v) is 4.31. The lowest BCUT2D eigenvalue weighted by molar-refractivity contribution is -0.132. The highest BCUT2D eigenvalue weighted by Crippen LogP contribution is 2.00. The standard InChI is InChI=1S/C13H29N3O/c1-5-12(14)13(17)16(8-4)11-9-10-15(6-2)7-3/h12H,5-11,14H2,1-4H3/t12-/m1/s1. The SMILES string of the molecule is CC[C@@H](N)C(=O)N(CC)CCCN(CC)CC. The second kappa shape index (κ2) is 9.42. The van der Waals surface area contributed by atoms with Gasteiger partial charge in [-0.25, -0.2) is 0 Å². The van der Waals surface area contributed by atoms with Gasteiger partial charge in [-0.3, -0.25) is 4.79 Å². The van der Waals surface area contributed by atoms with Crippen LogP contribution in [0.15, 0.2) is 0 Å². The molecule has 102 valence electrons. The minimum atomic E-state index is -0.330. The Bertz CT molecular complexity index is 205. The zero-order valence-corrected chi connectivity index (χ0v) is 11.9. The molecule has 0 aromatic rings. The summed E-state index contributed by atoms with van der Waals surface area (Å²) in [5.74, 6) is 0.0922. The monoisotopic (exact) mass is 243 g/mol. The topological polar surface area (TPSA) is 49.6 Å². The summed E-state index contributed by atoms with van der Waals surface area (Å²) in [5, 5.41) is 0. The molecule has 0 unspecified atom stereocenters. The van der Waals surface area contributed by atoms with Gasteiger partial charge in [-0.05, 0) is 39.4 Å². The minimum absolute atomic E-state index is 0.0922. The van der Waals surface area contributed by atoms with Crippen LogP contribution in [0.2, 0.25) is 0 Å². The molecule has 1 atom stereocenters. The molecule has 0 saturated heterocycles. The smallest absolute Gasteiger partial charge is 0.239 e. The molecule has 0 fully saturated rings. The van der Waals surface area contributed by atoms with E-state index in [1.54, 1.807) is 0 Å². The maximum absolute atomic E-state index is 11.9. The summed E-state index contributed by atoms with van der Waals surface area (Å²) in [6.07, 6.45) is 1.74. The molecule has 1 amide bonds. The lowest BCUT2D eigenvalue weighted by Gasteiger charge is -2.25. The van der Waals surface area contributed by atoms with E-state index >= 15 is 0 Å². The van der Waals surface area contributed by atoms with Crippen molar-refractivity contribution in [3.63, 3.8) is 0 Å². The predicted octanol–water partition coefficient (Wildman–Crippen LogP) is 1.30. The summed E-state index contributed by atoms with van der Waals surface area (Å²) in [7, 11) is 0. The summed E-state index contributed by atoms with van der Waals surface area (Å²) in [6.45, 7) is 13.1. The lowest BCUT2D eigenvalue weighted by Crippen LogP contribution is -2.44. The molecule has 17 heavy (non-hydrogen) atoms. The van der Waals surface area contributed by atoms with Crippen LogP contribution >= 0.6 is 0 Å². The summed E-state index contributed by atoms with van der Waals surface area (Å²) in [6, 6.07) is -0.330. The Morgan fingerprint density at radius 2 is 1.65 bits per heavy atom. The molecule has 0 aliphatic heterocycles. The Balaban J connectivity index is 4.01. The molecular weight excluding hydrogens is 214 g/mol. The van der Waals surface area contributed by atoms with Gasteiger partial charge in [0.2, 0.25) is 5.91 Å². The molecule has 0 saturated carbocycles. The van der Waals surface area contributed by atoms with E-state index in [0.29, 0.717) is 6.42 Å². The molecule has 0 bridgehead atoms. The molecular formula is C13H29N3O. The van der Waals surface area contributed by atoms with Crippen molar-refractivity contribution in [2.24, 2.45) is 5.73 Å². The Labute approximate surface area is 106 Å². The summed E-state index contributed by atoms with van der Waals surface area (Å²) in [4.78, 5) is 16.2. The highest BCUT2D eigenvalue weighted by atomic mass is 16.2. The zero-order valence-electron chi connectivity index (χ0n) is 11.9. The van der Waals surface area contributed by atoms with Gasteiger partial charge in [0.25, 0.3) is 0 Å². The number of carbonyl (C=O) groups excluding carboxylic acids is 1. The number of carbonyl (C=O) groups is 1. The van der Waals surface area contributed by atoms with Crippen LogP contribution in [0.1, 0.15) is 40.5 Å². The van der Waals surface area contributed by atoms with Crippen molar-refractivity contribution in [2.75, 3.05) is 32.7 Å². The quantitative estimate of drug-likeness (QED) is 0.664. The third-order valence-electron chi connectivity index (χ3n) is 3.25. The van der Waals surface area contributed by atoms with Gasteiger partial charge in [-0.1, -0.05) is 20.8 Å². The molecule has 0 aromatic carbocycles. The fourth-order valence-electron chi connectivity index (χ4n) is 1.86. The summed E-state index contributed by atoms with van der Waals surface area (Å²) >= 11 is 0. The van der Waals surface area contributed by atoms with Crippen molar-refractivity contribution in [3.8, 4) is 0 Å². The first-order chi connectivity index (χ1) is 8.10. The maximum atomic E-state index is 11.9. The number of amides is 1. The Kier molecular flexibility index (Phi) is 9.09. The lowest BCUT2D eigenvalue weighted by atomic mass is 10.2. The molecule has 0 spiro atoms. The number of likely N-dealkylation sites (N-methyl/N-ethyl adjacent to an activating group) is 1. The Morgan fingerprint density at radius 1 is 1.06 bits per heavy atom. The average molecular weight is 243 g/mol. The van der Waals surface area contributed by atoms with Crippen molar-refractivity contribution in [1.29, 1.82) is 0 Å². The predicted molar refractivity (Wildman–Crippen MR) is 72.9 cm³/mol. The minimum Gasteiger partial charge on any atom is -0.342 e. The van der Waals surface area contributed by atoms with E-state index in [4.69, 9.17) is 5.73 Å². The van der Waals surface area contributed by atoms with Crippen LogP contribution in [0.25, 0.3) is 0 Å². The van der Waals surface area contributed by atoms with Gasteiger partial charge >= 0.3 is 0 Å². The van der Waals surface area contributed by atoms with Gasteiger partial charge in [0, 0.05) is 13.1 Å². The first-order valence-electron chi connectivity index (χ1n) is 6.87. The second-order valence-electron chi connectivity index (χ2n) is 4.31. The van der Waals surface area contributed by atoms with Crippen LogP contribution in [0.3, 0.4) is 0 Å². The van der Waals surface area contributed by atoms with Gasteiger partial charge in [-0.2, -0.15) is 0 Å². The number of nitrogens with zero attached hydrogens (tertiary/aromatic N) is 2. The van der Waals surface area contributed by atoms with Crippen LogP contribution in [-0.2, 0) is 4.79 Å². The molecule has 2 N–H and O–H groups in total. The normalized spacial score (nSPS) is 12.8. The number of nitrogens with two attached hydrogens (primary N) is 1. The van der Waals surface area contributed by atoms with Crippen LogP contribution in [0.4, 0.5) is 0 Å². The highest BCUT2D eigenvalue weighted by Gasteiger charge is 2.17. The molecule has 0 radical (unpaired) electrons. The molecule has 0 aromatic heterocycles. The van der Waals surface area contributed by atoms with Crippen molar-refractivity contribution < 1.29 is 4.79 Å². The highest BCUT2D eigenvalue weighted by molar-refractivity contribution is 5.81. The van der Waals surface area contributed by atoms with Crippen molar-refractivity contribution in [2.45, 2.75) is 46.6 Å². The van der Waals surface area contributed by atoms with E-state index in [1.165, 1.54) is 0 Å². The van der Waals surface area contributed by atoms with Crippen LogP contribution in [0.5, 0.6) is 0 Å². The van der Waals surface area contributed by atoms with E-state index < -0.39 is 0 Å². The molecule has 0 rings (SSSR count). The van der Waals surface area contributed by atoms with E-state index in [9.17, 15) is 4.79 Å². The Hall–Kier alpha value is -0.610. The van der Waals surface area contributed by atoms with E-state index in [1.807, 2.05) is 18.7 Å². The molecule has 0 aliphatic carbocycles. The molecule has 4 heteroatoms. The summed E-state index contributed by atoms with van der Waals surface area (Å²) < 4.78 is 0. The van der Waals surface area contributed by atoms with Crippen molar-refractivity contribution in [3.05, 3.63) is 0 Å². The first kappa shape index (κ1) is 16.4.